The predicted octanol–water partition coefficient (Wildman–Crippen LogP) is 4.83. The van der Waals surface area contributed by atoms with Gasteiger partial charge in [-0.15, -0.1) is 0 Å². The summed E-state index contributed by atoms with van der Waals surface area (Å²) in [5.74, 6) is 0. The first-order chi connectivity index (χ1) is 9.45. The van der Waals surface area contributed by atoms with Gasteiger partial charge in [-0.2, -0.15) is 8.42 Å². The maximum atomic E-state index is 11.7. The summed E-state index contributed by atoms with van der Waals surface area (Å²) in [5, 5.41) is 0. The Morgan fingerprint density at radius 3 is 1.23 bits per heavy atom. The molecule has 0 saturated heterocycles. The molecule has 0 aliphatic heterocycles. The lowest BCUT2D eigenvalue weighted by molar-refractivity contribution is 0.476. The molecule has 1 aromatic carbocycles. The van der Waals surface area contributed by atoms with Gasteiger partial charge in [0.1, 0.15) is 0 Å². The van der Waals surface area contributed by atoms with Crippen LogP contribution in [0.2, 0.25) is 0 Å². The molecule has 4 heteroatoms. The molecule has 0 saturated carbocycles. The van der Waals surface area contributed by atoms with Gasteiger partial charge in [0, 0.05) is 0 Å². The molecule has 0 aliphatic rings. The van der Waals surface area contributed by atoms with Crippen LogP contribution in [-0.4, -0.2) is 13.0 Å². The summed E-state index contributed by atoms with van der Waals surface area (Å²) in [6.45, 7) is 18.8. The van der Waals surface area contributed by atoms with Crippen LogP contribution in [0.4, 0.5) is 0 Å². The molecule has 1 N–H and O–H groups in total. The van der Waals surface area contributed by atoms with E-state index in [9.17, 15) is 13.0 Å². The van der Waals surface area contributed by atoms with Crippen molar-refractivity contribution in [2.45, 2.75) is 83.5 Å². The summed E-state index contributed by atoms with van der Waals surface area (Å²) in [6.07, 6.45) is 0. The van der Waals surface area contributed by atoms with Gasteiger partial charge < -0.3 is 0 Å². The Bertz CT molecular complexity index is 629. The highest BCUT2D eigenvalue weighted by Crippen LogP contribution is 2.42. The molecule has 0 heterocycles. The minimum absolute atomic E-state index is 0.0182. The number of benzene rings is 1. The van der Waals surface area contributed by atoms with Gasteiger partial charge in [-0.25, -0.2) is 0 Å². The highest BCUT2D eigenvalue weighted by Gasteiger charge is 2.33. The van der Waals surface area contributed by atoms with Crippen molar-refractivity contribution >= 4 is 10.1 Å². The summed E-state index contributed by atoms with van der Waals surface area (Å²) in [4.78, 5) is -0.0182. The zero-order chi connectivity index (χ0) is 17.7. The zero-order valence-corrected chi connectivity index (χ0v) is 16.1. The lowest BCUT2D eigenvalue weighted by atomic mass is 9.69. The highest BCUT2D eigenvalue weighted by atomic mass is 32.2. The summed E-state index contributed by atoms with van der Waals surface area (Å²) in [7, 11) is -4.23. The van der Waals surface area contributed by atoms with Crippen LogP contribution in [0.5, 0.6) is 0 Å². The molecule has 0 aromatic heterocycles. The van der Waals surface area contributed by atoms with Crippen LogP contribution in [0.1, 0.15) is 79.0 Å². The van der Waals surface area contributed by atoms with Gasteiger partial charge >= 0.3 is 0 Å². The van der Waals surface area contributed by atoms with Gasteiger partial charge in [-0.05, 0) is 45.1 Å². The van der Waals surface area contributed by atoms with E-state index in [2.05, 4.69) is 62.3 Å². The largest absolute Gasteiger partial charge is 0.294 e. The quantitative estimate of drug-likeness (QED) is 0.752. The van der Waals surface area contributed by atoms with Crippen molar-refractivity contribution < 1.29 is 13.0 Å². The smallest absolute Gasteiger partial charge is 0.282 e. The van der Waals surface area contributed by atoms with E-state index in [1.54, 1.807) is 12.1 Å². The Hall–Kier alpha value is -0.870. The van der Waals surface area contributed by atoms with E-state index in [0.29, 0.717) is 0 Å². The van der Waals surface area contributed by atoms with Gasteiger partial charge in [0.25, 0.3) is 10.1 Å². The van der Waals surface area contributed by atoms with Crippen molar-refractivity contribution in [3.8, 4) is 0 Å². The molecule has 3 nitrogen and oxygen atoms in total. The van der Waals surface area contributed by atoms with Crippen molar-refractivity contribution in [3.05, 3.63) is 28.8 Å². The third kappa shape index (κ3) is 4.11. The first-order valence-corrected chi connectivity index (χ1v) is 9.06. The van der Waals surface area contributed by atoms with E-state index in [0.717, 1.165) is 11.1 Å². The molecule has 1 rings (SSSR count). The van der Waals surface area contributed by atoms with E-state index in [4.69, 9.17) is 0 Å². The fraction of sp³-hybridized carbons (Fsp3) is 0.667. The van der Waals surface area contributed by atoms with Gasteiger partial charge in [0.15, 0.2) is 0 Å². The average Bonchev–Trinajstić information content (AvgIpc) is 2.22. The second-order valence-corrected chi connectivity index (χ2v) is 10.5. The zero-order valence-electron chi connectivity index (χ0n) is 15.3. The Labute approximate surface area is 135 Å². The Morgan fingerprint density at radius 2 is 1.05 bits per heavy atom. The van der Waals surface area contributed by atoms with Crippen molar-refractivity contribution in [2.75, 3.05) is 0 Å². The van der Waals surface area contributed by atoms with Gasteiger partial charge in [-0.3, -0.25) is 4.55 Å². The standard InChI is InChI=1S/C18H30O3S/c1-16(2,3)13-10-12(22(19,20)21)11-14(17(4,5)6)15(13)18(7,8)9/h10-11H,1-9H3,(H,19,20,21). The van der Waals surface area contributed by atoms with Gasteiger partial charge in [0.2, 0.25) is 0 Å². The SMILES string of the molecule is CC(C)(C)c1cc(S(=O)(=O)O)cc(C(C)(C)C)c1C(C)(C)C. The molecule has 0 fully saturated rings. The average molecular weight is 327 g/mol. The Morgan fingerprint density at radius 1 is 0.727 bits per heavy atom. The molecule has 0 spiro atoms. The minimum Gasteiger partial charge on any atom is -0.282 e. The second-order valence-electron chi connectivity index (χ2n) is 9.12. The highest BCUT2D eigenvalue weighted by molar-refractivity contribution is 7.85. The molecule has 126 valence electrons. The molecule has 22 heavy (non-hydrogen) atoms. The van der Waals surface area contributed by atoms with Crippen molar-refractivity contribution in [3.63, 3.8) is 0 Å². The van der Waals surface area contributed by atoms with Crippen LogP contribution >= 0.6 is 0 Å². The van der Waals surface area contributed by atoms with E-state index >= 15 is 0 Å². The van der Waals surface area contributed by atoms with Crippen LogP contribution in [0, 0.1) is 0 Å². The number of rotatable bonds is 1. The molecule has 0 atom stereocenters. The van der Waals surface area contributed by atoms with Crippen LogP contribution in [0.25, 0.3) is 0 Å². The molecule has 0 bridgehead atoms. The maximum Gasteiger partial charge on any atom is 0.294 e. The van der Waals surface area contributed by atoms with Crippen molar-refractivity contribution in [2.24, 2.45) is 0 Å². The molecule has 0 amide bonds. The monoisotopic (exact) mass is 326 g/mol. The van der Waals surface area contributed by atoms with Crippen LogP contribution < -0.4 is 0 Å². The summed E-state index contributed by atoms with van der Waals surface area (Å²) in [5.41, 5.74) is 2.55. The maximum absolute atomic E-state index is 11.7. The first kappa shape index (κ1) is 19.2. The summed E-state index contributed by atoms with van der Waals surface area (Å²) < 4.78 is 33.0. The lowest BCUT2D eigenvalue weighted by Gasteiger charge is -2.36. The first-order valence-electron chi connectivity index (χ1n) is 7.62. The normalized spacial score (nSPS) is 14.3. The molecule has 0 aliphatic carbocycles. The van der Waals surface area contributed by atoms with E-state index in [-0.39, 0.29) is 21.1 Å². The molecule has 0 radical (unpaired) electrons. The molecule has 0 unspecified atom stereocenters. The van der Waals surface area contributed by atoms with Crippen molar-refractivity contribution in [1.82, 2.24) is 0 Å². The topological polar surface area (TPSA) is 54.4 Å². The number of hydrogen-bond acceptors (Lipinski definition) is 2. The second kappa shape index (κ2) is 5.34. The summed E-state index contributed by atoms with van der Waals surface area (Å²) in [6, 6.07) is 3.26. The molecule has 1 aromatic rings. The molecular formula is C18H30O3S. The van der Waals surface area contributed by atoms with Crippen LogP contribution in [0.3, 0.4) is 0 Å². The lowest BCUT2D eigenvalue weighted by Crippen LogP contribution is -2.28. The predicted molar refractivity (Wildman–Crippen MR) is 92.4 cm³/mol. The third-order valence-electron chi connectivity index (χ3n) is 3.78. The van der Waals surface area contributed by atoms with E-state index in [1.807, 2.05) is 0 Å². The van der Waals surface area contributed by atoms with E-state index in [1.165, 1.54) is 5.56 Å². The third-order valence-corrected chi connectivity index (χ3v) is 4.61. The fourth-order valence-electron chi connectivity index (χ4n) is 2.76. The number of hydrogen-bond donors (Lipinski definition) is 1. The Balaban J connectivity index is 4.04. The van der Waals surface area contributed by atoms with Crippen LogP contribution in [0.15, 0.2) is 17.0 Å². The van der Waals surface area contributed by atoms with E-state index < -0.39 is 10.1 Å². The fourth-order valence-corrected chi connectivity index (χ4v) is 3.29. The van der Waals surface area contributed by atoms with Gasteiger partial charge in [-0.1, -0.05) is 62.3 Å². The molecular weight excluding hydrogens is 296 g/mol. The summed E-state index contributed by atoms with van der Waals surface area (Å²) >= 11 is 0. The van der Waals surface area contributed by atoms with Gasteiger partial charge in [0.05, 0.1) is 4.90 Å². The Kier molecular flexibility index (Phi) is 4.66. The minimum atomic E-state index is -4.23. The van der Waals surface area contributed by atoms with Crippen LogP contribution in [-0.2, 0) is 26.4 Å². The van der Waals surface area contributed by atoms with Crippen molar-refractivity contribution in [1.29, 1.82) is 0 Å².